The Morgan fingerprint density at radius 1 is 1.33 bits per heavy atom. The highest BCUT2D eigenvalue weighted by molar-refractivity contribution is 6.30. The molecule has 1 aromatic carbocycles. The van der Waals surface area contributed by atoms with Gasteiger partial charge in [0.05, 0.1) is 14.2 Å². The SMILES string of the molecule is COc1cc(Cl)cc(C[C@H](C)N)c1OC. The van der Waals surface area contributed by atoms with E-state index in [-0.39, 0.29) is 6.04 Å². The van der Waals surface area contributed by atoms with E-state index in [0.717, 1.165) is 5.56 Å². The van der Waals surface area contributed by atoms with Gasteiger partial charge in [-0.25, -0.2) is 0 Å². The number of hydrogen-bond donors (Lipinski definition) is 1. The first-order chi connectivity index (χ1) is 7.08. The van der Waals surface area contributed by atoms with Crippen LogP contribution in [0.15, 0.2) is 12.1 Å². The summed E-state index contributed by atoms with van der Waals surface area (Å²) in [6.45, 7) is 1.94. The zero-order valence-corrected chi connectivity index (χ0v) is 9.97. The maximum atomic E-state index is 5.96. The summed E-state index contributed by atoms with van der Waals surface area (Å²) < 4.78 is 10.5. The third kappa shape index (κ3) is 3.01. The molecular formula is C11H16ClNO2. The highest BCUT2D eigenvalue weighted by atomic mass is 35.5. The van der Waals surface area contributed by atoms with Crippen molar-refractivity contribution in [3.05, 3.63) is 22.7 Å². The minimum atomic E-state index is 0.0575. The van der Waals surface area contributed by atoms with Gasteiger partial charge in [-0.05, 0) is 19.4 Å². The van der Waals surface area contributed by atoms with Gasteiger partial charge in [0.2, 0.25) is 0 Å². The van der Waals surface area contributed by atoms with E-state index in [1.54, 1.807) is 20.3 Å². The van der Waals surface area contributed by atoms with Gasteiger partial charge in [-0.3, -0.25) is 0 Å². The maximum Gasteiger partial charge on any atom is 0.164 e. The second-order valence-electron chi connectivity index (χ2n) is 3.48. The maximum absolute atomic E-state index is 5.96. The summed E-state index contributed by atoms with van der Waals surface area (Å²) in [5.74, 6) is 1.35. The molecule has 0 saturated heterocycles. The van der Waals surface area contributed by atoms with Gasteiger partial charge in [0, 0.05) is 22.7 Å². The smallest absolute Gasteiger partial charge is 0.164 e. The van der Waals surface area contributed by atoms with Crippen LogP contribution in [0, 0.1) is 0 Å². The zero-order valence-electron chi connectivity index (χ0n) is 9.21. The lowest BCUT2D eigenvalue weighted by molar-refractivity contribution is 0.351. The Kier molecular flexibility index (Phi) is 4.24. The molecule has 1 rings (SSSR count). The van der Waals surface area contributed by atoms with Gasteiger partial charge in [0.15, 0.2) is 11.5 Å². The highest BCUT2D eigenvalue weighted by Crippen LogP contribution is 2.34. The molecule has 3 nitrogen and oxygen atoms in total. The van der Waals surface area contributed by atoms with Gasteiger partial charge in [-0.2, -0.15) is 0 Å². The molecule has 0 aromatic heterocycles. The molecule has 0 spiro atoms. The molecule has 0 aliphatic carbocycles. The summed E-state index contributed by atoms with van der Waals surface area (Å²) in [6, 6.07) is 3.64. The average molecular weight is 230 g/mol. The Morgan fingerprint density at radius 3 is 2.47 bits per heavy atom. The third-order valence-electron chi connectivity index (χ3n) is 2.06. The van der Waals surface area contributed by atoms with E-state index in [4.69, 9.17) is 26.8 Å². The van der Waals surface area contributed by atoms with Gasteiger partial charge in [0.1, 0.15) is 0 Å². The number of benzene rings is 1. The van der Waals surface area contributed by atoms with Crippen molar-refractivity contribution in [3.8, 4) is 11.5 Å². The zero-order chi connectivity index (χ0) is 11.4. The molecule has 0 heterocycles. The molecule has 0 radical (unpaired) electrons. The summed E-state index contributed by atoms with van der Waals surface area (Å²) in [5, 5.41) is 0.628. The molecule has 1 atom stereocenters. The van der Waals surface area contributed by atoms with Crippen molar-refractivity contribution in [1.29, 1.82) is 0 Å². The Bertz CT molecular complexity index is 340. The number of ether oxygens (including phenoxy) is 2. The lowest BCUT2D eigenvalue weighted by Gasteiger charge is -2.14. The summed E-state index contributed by atoms with van der Waals surface area (Å²) in [4.78, 5) is 0. The van der Waals surface area contributed by atoms with Gasteiger partial charge < -0.3 is 15.2 Å². The van der Waals surface area contributed by atoms with E-state index in [1.807, 2.05) is 13.0 Å². The topological polar surface area (TPSA) is 44.5 Å². The number of hydrogen-bond acceptors (Lipinski definition) is 3. The van der Waals surface area contributed by atoms with Crippen LogP contribution in [-0.2, 0) is 6.42 Å². The van der Waals surface area contributed by atoms with Crippen molar-refractivity contribution in [1.82, 2.24) is 0 Å². The summed E-state index contributed by atoms with van der Waals surface area (Å²) in [5.41, 5.74) is 6.72. The van der Waals surface area contributed by atoms with Crippen LogP contribution in [0.1, 0.15) is 12.5 Å². The minimum Gasteiger partial charge on any atom is -0.493 e. The van der Waals surface area contributed by atoms with Gasteiger partial charge in [-0.15, -0.1) is 0 Å². The van der Waals surface area contributed by atoms with Crippen LogP contribution < -0.4 is 15.2 Å². The summed E-state index contributed by atoms with van der Waals surface area (Å²) >= 11 is 5.96. The van der Waals surface area contributed by atoms with Crippen LogP contribution in [0.25, 0.3) is 0 Å². The van der Waals surface area contributed by atoms with Crippen LogP contribution in [-0.4, -0.2) is 20.3 Å². The van der Waals surface area contributed by atoms with Crippen molar-refractivity contribution in [2.24, 2.45) is 5.73 Å². The van der Waals surface area contributed by atoms with E-state index in [9.17, 15) is 0 Å². The normalized spacial score (nSPS) is 12.3. The highest BCUT2D eigenvalue weighted by Gasteiger charge is 2.12. The van der Waals surface area contributed by atoms with Crippen molar-refractivity contribution in [3.63, 3.8) is 0 Å². The number of nitrogens with two attached hydrogens (primary N) is 1. The molecule has 0 saturated carbocycles. The van der Waals surface area contributed by atoms with Crippen LogP contribution in [0.2, 0.25) is 5.02 Å². The molecular weight excluding hydrogens is 214 g/mol. The Hall–Kier alpha value is -0.930. The molecule has 0 aliphatic rings. The lowest BCUT2D eigenvalue weighted by atomic mass is 10.1. The van der Waals surface area contributed by atoms with Crippen molar-refractivity contribution < 1.29 is 9.47 Å². The van der Waals surface area contributed by atoms with Crippen LogP contribution in [0.5, 0.6) is 11.5 Å². The van der Waals surface area contributed by atoms with Gasteiger partial charge in [-0.1, -0.05) is 11.6 Å². The standard InChI is InChI=1S/C11H16ClNO2/c1-7(13)4-8-5-9(12)6-10(14-2)11(8)15-3/h5-7H,4,13H2,1-3H3/t7-/m0/s1. The first kappa shape index (κ1) is 12.1. The number of halogens is 1. The van der Waals surface area contributed by atoms with E-state index < -0.39 is 0 Å². The molecule has 15 heavy (non-hydrogen) atoms. The molecule has 1 aromatic rings. The Morgan fingerprint density at radius 2 is 2.00 bits per heavy atom. The second-order valence-corrected chi connectivity index (χ2v) is 3.92. The lowest BCUT2D eigenvalue weighted by Crippen LogP contribution is -2.18. The summed E-state index contributed by atoms with van der Waals surface area (Å²) in [6.07, 6.45) is 0.708. The van der Waals surface area contributed by atoms with E-state index in [2.05, 4.69) is 0 Å². The van der Waals surface area contributed by atoms with Crippen LogP contribution in [0.3, 0.4) is 0 Å². The largest absolute Gasteiger partial charge is 0.493 e. The first-order valence-corrected chi connectivity index (χ1v) is 5.12. The van der Waals surface area contributed by atoms with E-state index >= 15 is 0 Å². The fourth-order valence-corrected chi connectivity index (χ4v) is 1.74. The average Bonchev–Trinajstić information content (AvgIpc) is 2.15. The molecule has 2 N–H and O–H groups in total. The first-order valence-electron chi connectivity index (χ1n) is 4.74. The van der Waals surface area contributed by atoms with Gasteiger partial charge >= 0.3 is 0 Å². The third-order valence-corrected chi connectivity index (χ3v) is 2.28. The predicted octanol–water partition coefficient (Wildman–Crippen LogP) is 2.25. The molecule has 0 fully saturated rings. The minimum absolute atomic E-state index is 0.0575. The van der Waals surface area contributed by atoms with Gasteiger partial charge in [0.25, 0.3) is 0 Å². The molecule has 0 aliphatic heterocycles. The fourth-order valence-electron chi connectivity index (χ4n) is 1.50. The predicted molar refractivity (Wildman–Crippen MR) is 61.9 cm³/mol. The molecule has 0 amide bonds. The summed E-state index contributed by atoms with van der Waals surface area (Å²) in [7, 11) is 3.19. The number of methoxy groups -OCH3 is 2. The van der Waals surface area contributed by atoms with Crippen LogP contribution in [0.4, 0.5) is 0 Å². The Balaban J connectivity index is 3.16. The molecule has 0 bridgehead atoms. The van der Waals surface area contributed by atoms with Crippen molar-refractivity contribution in [2.45, 2.75) is 19.4 Å². The van der Waals surface area contributed by atoms with E-state index in [1.165, 1.54) is 0 Å². The fraction of sp³-hybridized carbons (Fsp3) is 0.455. The molecule has 84 valence electrons. The second kappa shape index (κ2) is 5.24. The van der Waals surface area contributed by atoms with Crippen molar-refractivity contribution in [2.75, 3.05) is 14.2 Å². The Labute approximate surface area is 95.1 Å². The molecule has 4 heteroatoms. The monoisotopic (exact) mass is 229 g/mol. The number of rotatable bonds is 4. The quantitative estimate of drug-likeness (QED) is 0.861. The van der Waals surface area contributed by atoms with Crippen LogP contribution >= 0.6 is 11.6 Å². The van der Waals surface area contributed by atoms with E-state index in [0.29, 0.717) is 22.9 Å². The molecule has 0 unspecified atom stereocenters. The van der Waals surface area contributed by atoms with Crippen molar-refractivity contribution >= 4 is 11.6 Å².